The van der Waals surface area contributed by atoms with E-state index in [-0.39, 0.29) is 11.9 Å². The molecule has 2 atom stereocenters. The molecule has 0 saturated carbocycles. The molecule has 0 aromatic heterocycles. The molecule has 0 bridgehead atoms. The van der Waals surface area contributed by atoms with E-state index in [0.29, 0.717) is 11.5 Å². The first kappa shape index (κ1) is 16.5. The summed E-state index contributed by atoms with van der Waals surface area (Å²) in [4.78, 5) is 14.6. The number of likely N-dealkylation sites (tertiary alicyclic amines) is 1. The molecule has 1 fully saturated rings. The minimum absolute atomic E-state index is 0.0756. The summed E-state index contributed by atoms with van der Waals surface area (Å²) in [6.45, 7) is 3.58. The van der Waals surface area contributed by atoms with Crippen molar-refractivity contribution in [2.75, 3.05) is 13.1 Å². The fourth-order valence-corrected chi connectivity index (χ4v) is 3.10. The highest BCUT2D eigenvalue weighted by atomic mass is 16.5. The fourth-order valence-electron chi connectivity index (χ4n) is 3.10. The van der Waals surface area contributed by atoms with Gasteiger partial charge in [-0.05, 0) is 62.1 Å². The van der Waals surface area contributed by atoms with Gasteiger partial charge >= 0.3 is 0 Å². The molecule has 1 saturated heterocycles. The maximum absolute atomic E-state index is 12.7. The smallest absolute Gasteiger partial charge is 0.253 e. The van der Waals surface area contributed by atoms with Crippen LogP contribution in [0.15, 0.2) is 54.6 Å². The maximum atomic E-state index is 12.7. The van der Waals surface area contributed by atoms with Crippen LogP contribution in [-0.4, -0.2) is 29.9 Å². The molecule has 0 spiro atoms. The Balaban J connectivity index is 1.65. The van der Waals surface area contributed by atoms with Crippen molar-refractivity contribution in [1.29, 1.82) is 0 Å². The predicted octanol–water partition coefficient (Wildman–Crippen LogP) is 3.68. The number of ether oxygens (including phenoxy) is 1. The summed E-state index contributed by atoms with van der Waals surface area (Å²) in [6, 6.07) is 17.1. The van der Waals surface area contributed by atoms with Gasteiger partial charge in [0, 0.05) is 24.7 Å². The lowest BCUT2D eigenvalue weighted by Crippen LogP contribution is -2.45. The van der Waals surface area contributed by atoms with Gasteiger partial charge in [0.2, 0.25) is 0 Å². The summed E-state index contributed by atoms with van der Waals surface area (Å²) < 4.78 is 5.77. The van der Waals surface area contributed by atoms with Crippen molar-refractivity contribution in [1.82, 2.24) is 4.90 Å². The van der Waals surface area contributed by atoms with E-state index in [0.717, 1.165) is 37.4 Å². The van der Waals surface area contributed by atoms with Gasteiger partial charge in [-0.1, -0.05) is 18.2 Å². The van der Waals surface area contributed by atoms with Crippen LogP contribution >= 0.6 is 0 Å². The van der Waals surface area contributed by atoms with Crippen LogP contribution in [0.2, 0.25) is 0 Å². The first-order valence-corrected chi connectivity index (χ1v) is 8.51. The normalized spacial score (nSPS) is 18.9. The number of rotatable bonds is 4. The molecule has 126 valence electrons. The van der Waals surface area contributed by atoms with E-state index >= 15 is 0 Å². The first-order chi connectivity index (χ1) is 11.6. The van der Waals surface area contributed by atoms with Gasteiger partial charge in [-0.25, -0.2) is 0 Å². The zero-order valence-electron chi connectivity index (χ0n) is 14.0. The van der Waals surface area contributed by atoms with Crippen LogP contribution in [0.25, 0.3) is 0 Å². The van der Waals surface area contributed by atoms with E-state index in [9.17, 15) is 4.79 Å². The van der Waals surface area contributed by atoms with Crippen LogP contribution in [0.4, 0.5) is 0 Å². The molecule has 2 N–H and O–H groups in total. The average molecular weight is 324 g/mol. The lowest BCUT2D eigenvalue weighted by Gasteiger charge is -2.34. The Morgan fingerprint density at radius 2 is 1.79 bits per heavy atom. The number of hydrogen-bond acceptors (Lipinski definition) is 3. The van der Waals surface area contributed by atoms with Gasteiger partial charge < -0.3 is 15.4 Å². The molecule has 1 aliphatic rings. The summed E-state index contributed by atoms with van der Waals surface area (Å²) in [6.07, 6.45) is 2.12. The number of para-hydroxylation sites is 1. The van der Waals surface area contributed by atoms with Gasteiger partial charge in [-0.15, -0.1) is 0 Å². The fraction of sp³-hybridized carbons (Fsp3) is 0.350. The number of piperidine rings is 1. The Labute approximate surface area is 143 Å². The minimum Gasteiger partial charge on any atom is -0.457 e. The highest BCUT2D eigenvalue weighted by molar-refractivity contribution is 5.94. The molecule has 1 amide bonds. The third-order valence-corrected chi connectivity index (χ3v) is 4.57. The summed E-state index contributed by atoms with van der Waals surface area (Å²) >= 11 is 0. The molecule has 2 aromatic carbocycles. The van der Waals surface area contributed by atoms with Gasteiger partial charge in [0.25, 0.3) is 5.91 Å². The van der Waals surface area contributed by atoms with Crippen molar-refractivity contribution in [3.05, 3.63) is 60.2 Å². The SMILES string of the molecule is CC(N)C1CCCN(C(=O)c2ccc(Oc3ccccc3)cc2)C1. The molecule has 4 nitrogen and oxygen atoms in total. The van der Waals surface area contributed by atoms with E-state index in [1.165, 1.54) is 0 Å². The van der Waals surface area contributed by atoms with E-state index in [2.05, 4.69) is 0 Å². The van der Waals surface area contributed by atoms with Crippen molar-refractivity contribution >= 4 is 5.91 Å². The predicted molar refractivity (Wildman–Crippen MR) is 95.2 cm³/mol. The maximum Gasteiger partial charge on any atom is 0.253 e. The third-order valence-electron chi connectivity index (χ3n) is 4.57. The number of benzene rings is 2. The Bertz CT molecular complexity index is 668. The van der Waals surface area contributed by atoms with E-state index < -0.39 is 0 Å². The van der Waals surface area contributed by atoms with Gasteiger partial charge in [0.1, 0.15) is 11.5 Å². The van der Waals surface area contributed by atoms with Crippen molar-refractivity contribution < 1.29 is 9.53 Å². The molecule has 4 heteroatoms. The molecule has 3 rings (SSSR count). The lowest BCUT2D eigenvalue weighted by atomic mass is 9.92. The zero-order chi connectivity index (χ0) is 16.9. The number of nitrogens with zero attached hydrogens (tertiary/aromatic N) is 1. The second-order valence-electron chi connectivity index (χ2n) is 6.45. The summed E-state index contributed by atoms with van der Waals surface area (Å²) in [5.74, 6) is 1.98. The first-order valence-electron chi connectivity index (χ1n) is 8.51. The van der Waals surface area contributed by atoms with Gasteiger partial charge in [0.15, 0.2) is 0 Å². The highest BCUT2D eigenvalue weighted by Crippen LogP contribution is 2.23. The van der Waals surface area contributed by atoms with Crippen LogP contribution in [0, 0.1) is 5.92 Å². The molecular formula is C20H24N2O2. The topological polar surface area (TPSA) is 55.6 Å². The summed E-state index contributed by atoms with van der Waals surface area (Å²) in [7, 11) is 0. The lowest BCUT2D eigenvalue weighted by molar-refractivity contribution is 0.0661. The Hall–Kier alpha value is -2.33. The molecule has 1 aliphatic heterocycles. The van der Waals surface area contributed by atoms with E-state index in [1.54, 1.807) is 0 Å². The summed E-state index contributed by atoms with van der Waals surface area (Å²) in [5, 5.41) is 0. The molecular weight excluding hydrogens is 300 g/mol. The van der Waals surface area contributed by atoms with Crippen LogP contribution in [0.5, 0.6) is 11.5 Å². The van der Waals surface area contributed by atoms with Gasteiger partial charge in [0.05, 0.1) is 0 Å². The van der Waals surface area contributed by atoms with Crippen molar-refractivity contribution in [3.63, 3.8) is 0 Å². The molecule has 0 radical (unpaired) electrons. The van der Waals surface area contributed by atoms with Crippen LogP contribution in [0.3, 0.4) is 0 Å². The zero-order valence-corrected chi connectivity index (χ0v) is 14.0. The van der Waals surface area contributed by atoms with Crippen LogP contribution in [0.1, 0.15) is 30.1 Å². The summed E-state index contributed by atoms with van der Waals surface area (Å²) in [5.41, 5.74) is 6.70. The second-order valence-corrected chi connectivity index (χ2v) is 6.45. The number of hydrogen-bond donors (Lipinski definition) is 1. The van der Waals surface area contributed by atoms with Crippen molar-refractivity contribution in [2.45, 2.75) is 25.8 Å². The highest BCUT2D eigenvalue weighted by Gasteiger charge is 2.26. The van der Waals surface area contributed by atoms with E-state index in [1.807, 2.05) is 66.4 Å². The van der Waals surface area contributed by atoms with Crippen LogP contribution < -0.4 is 10.5 Å². The van der Waals surface area contributed by atoms with Gasteiger partial charge in [-0.2, -0.15) is 0 Å². The molecule has 1 heterocycles. The number of carbonyl (C=O) groups excluding carboxylic acids is 1. The molecule has 2 unspecified atom stereocenters. The van der Waals surface area contributed by atoms with Gasteiger partial charge in [-0.3, -0.25) is 4.79 Å². The second kappa shape index (κ2) is 7.49. The Morgan fingerprint density at radius 1 is 1.12 bits per heavy atom. The van der Waals surface area contributed by atoms with Crippen molar-refractivity contribution in [2.24, 2.45) is 11.7 Å². The number of nitrogens with two attached hydrogens (primary N) is 1. The third kappa shape index (κ3) is 3.95. The Kier molecular flexibility index (Phi) is 5.16. The monoisotopic (exact) mass is 324 g/mol. The molecule has 0 aliphatic carbocycles. The number of carbonyl (C=O) groups is 1. The average Bonchev–Trinajstić information content (AvgIpc) is 2.63. The number of amides is 1. The minimum atomic E-state index is 0.0756. The quantitative estimate of drug-likeness (QED) is 0.933. The van der Waals surface area contributed by atoms with Crippen molar-refractivity contribution in [3.8, 4) is 11.5 Å². The molecule has 2 aromatic rings. The molecule has 24 heavy (non-hydrogen) atoms. The van der Waals surface area contributed by atoms with E-state index in [4.69, 9.17) is 10.5 Å². The standard InChI is InChI=1S/C20H24N2O2/c1-15(21)17-6-5-13-22(14-17)20(23)16-9-11-19(12-10-16)24-18-7-3-2-4-8-18/h2-4,7-12,15,17H,5-6,13-14,21H2,1H3. The van der Waals surface area contributed by atoms with Crippen LogP contribution in [-0.2, 0) is 0 Å². The Morgan fingerprint density at radius 3 is 2.46 bits per heavy atom. The largest absolute Gasteiger partial charge is 0.457 e.